The van der Waals surface area contributed by atoms with E-state index in [-0.39, 0.29) is 18.3 Å². The molecule has 2 unspecified atom stereocenters. The number of hydrogen-bond acceptors (Lipinski definition) is 3. The predicted molar refractivity (Wildman–Crippen MR) is 80.7 cm³/mol. The van der Waals surface area contributed by atoms with Crippen LogP contribution in [0.4, 0.5) is 0 Å². The lowest BCUT2D eigenvalue weighted by atomic mass is 10.0. The Kier molecular flexibility index (Phi) is 4.42. The molecule has 2 rings (SSSR count). The molecule has 1 aromatic carbocycles. The minimum atomic E-state index is 0.162. The Hall–Kier alpha value is -1.13. The van der Waals surface area contributed by atoms with Gasteiger partial charge in [-0.25, -0.2) is 0 Å². The normalized spacial score (nSPS) is 27.0. The van der Waals surface area contributed by atoms with Gasteiger partial charge < -0.3 is 15.2 Å². The number of ether oxygens (including phenoxy) is 2. The molecule has 0 radical (unpaired) electrons. The number of benzene rings is 1. The van der Waals surface area contributed by atoms with Crippen LogP contribution >= 0.6 is 12.2 Å². The van der Waals surface area contributed by atoms with Gasteiger partial charge in [0.25, 0.3) is 0 Å². The molecular formula is C15H21NO2S. The molecule has 2 N–H and O–H groups in total. The Bertz CT molecular complexity index is 465. The molecule has 1 heterocycles. The van der Waals surface area contributed by atoms with E-state index in [0.717, 1.165) is 29.7 Å². The summed E-state index contributed by atoms with van der Waals surface area (Å²) in [5.74, 6) is 0.782. The van der Waals surface area contributed by atoms with Gasteiger partial charge in [0, 0.05) is 12.8 Å². The van der Waals surface area contributed by atoms with Crippen molar-refractivity contribution in [1.29, 1.82) is 0 Å². The first-order chi connectivity index (χ1) is 8.95. The van der Waals surface area contributed by atoms with Gasteiger partial charge in [0.05, 0.1) is 17.8 Å². The van der Waals surface area contributed by atoms with E-state index in [0.29, 0.717) is 4.99 Å². The van der Waals surface area contributed by atoms with Crippen molar-refractivity contribution in [3.8, 4) is 5.75 Å². The summed E-state index contributed by atoms with van der Waals surface area (Å²) >= 11 is 5.10. The third-order valence-electron chi connectivity index (χ3n) is 3.35. The van der Waals surface area contributed by atoms with Crippen LogP contribution in [-0.4, -0.2) is 23.3 Å². The molecule has 3 nitrogen and oxygen atoms in total. The molecule has 1 fully saturated rings. The molecular weight excluding hydrogens is 258 g/mol. The fourth-order valence-electron chi connectivity index (χ4n) is 2.56. The number of rotatable bonds is 3. The molecule has 1 saturated heterocycles. The lowest BCUT2D eigenvalue weighted by Crippen LogP contribution is -2.36. The summed E-state index contributed by atoms with van der Waals surface area (Å²) in [6.45, 7) is 6.18. The van der Waals surface area contributed by atoms with Crippen molar-refractivity contribution in [2.75, 3.05) is 0 Å². The van der Waals surface area contributed by atoms with Crippen molar-refractivity contribution in [2.24, 2.45) is 5.73 Å². The van der Waals surface area contributed by atoms with E-state index >= 15 is 0 Å². The maximum Gasteiger partial charge on any atom is 0.129 e. The molecule has 0 saturated carbocycles. The molecule has 0 bridgehead atoms. The summed E-state index contributed by atoms with van der Waals surface area (Å²) in [4.78, 5) is 0.381. The highest BCUT2D eigenvalue weighted by molar-refractivity contribution is 7.80. The molecule has 0 amide bonds. The fourth-order valence-corrected chi connectivity index (χ4v) is 2.72. The first kappa shape index (κ1) is 14.3. The Morgan fingerprint density at radius 3 is 2.53 bits per heavy atom. The zero-order chi connectivity index (χ0) is 14.0. The van der Waals surface area contributed by atoms with E-state index in [2.05, 4.69) is 13.8 Å². The first-order valence-corrected chi connectivity index (χ1v) is 7.09. The molecule has 0 spiro atoms. The number of hydrogen-bond donors (Lipinski definition) is 1. The maximum atomic E-state index is 6.10. The summed E-state index contributed by atoms with van der Waals surface area (Å²) in [6.07, 6.45) is 2.42. The highest BCUT2D eigenvalue weighted by atomic mass is 32.1. The van der Waals surface area contributed by atoms with E-state index in [1.807, 2.05) is 25.1 Å². The Morgan fingerprint density at radius 2 is 1.95 bits per heavy atom. The average molecular weight is 279 g/mol. The Labute approximate surface area is 120 Å². The SMILES string of the molecule is Cc1ccc(OC2CC(C)OC(C)C2)c(C(N)=S)c1. The zero-order valence-electron chi connectivity index (χ0n) is 11.7. The second kappa shape index (κ2) is 5.88. The van der Waals surface area contributed by atoms with Crippen LogP contribution in [0.25, 0.3) is 0 Å². The average Bonchev–Trinajstić information content (AvgIpc) is 2.30. The van der Waals surface area contributed by atoms with Crippen LogP contribution in [0.15, 0.2) is 18.2 Å². The van der Waals surface area contributed by atoms with Crippen LogP contribution in [0.3, 0.4) is 0 Å². The van der Waals surface area contributed by atoms with Crippen molar-refractivity contribution >= 4 is 17.2 Å². The molecule has 2 atom stereocenters. The summed E-state index contributed by atoms with van der Waals surface area (Å²) < 4.78 is 11.8. The molecule has 1 aliphatic heterocycles. The molecule has 0 aliphatic carbocycles. The van der Waals surface area contributed by atoms with Gasteiger partial charge in [-0.3, -0.25) is 0 Å². The van der Waals surface area contributed by atoms with Crippen molar-refractivity contribution in [3.05, 3.63) is 29.3 Å². The van der Waals surface area contributed by atoms with Gasteiger partial charge in [0.2, 0.25) is 0 Å². The largest absolute Gasteiger partial charge is 0.489 e. The minimum Gasteiger partial charge on any atom is -0.489 e. The van der Waals surface area contributed by atoms with Crippen LogP contribution in [0.5, 0.6) is 5.75 Å². The number of thiocarbonyl (C=S) groups is 1. The minimum absolute atomic E-state index is 0.162. The molecule has 19 heavy (non-hydrogen) atoms. The molecule has 1 aromatic rings. The molecule has 0 aromatic heterocycles. The lowest BCUT2D eigenvalue weighted by Gasteiger charge is -2.32. The molecule has 4 heteroatoms. The van der Waals surface area contributed by atoms with Gasteiger partial charge in [-0.2, -0.15) is 0 Å². The van der Waals surface area contributed by atoms with Gasteiger partial charge in [0.1, 0.15) is 16.8 Å². The zero-order valence-corrected chi connectivity index (χ0v) is 12.5. The van der Waals surface area contributed by atoms with E-state index in [9.17, 15) is 0 Å². The number of nitrogens with two attached hydrogens (primary N) is 1. The smallest absolute Gasteiger partial charge is 0.129 e. The van der Waals surface area contributed by atoms with E-state index in [4.69, 9.17) is 27.4 Å². The first-order valence-electron chi connectivity index (χ1n) is 6.68. The standard InChI is InChI=1S/C15H21NO2S/c1-9-4-5-14(13(6-9)15(16)19)18-12-7-10(2)17-11(3)8-12/h4-6,10-12H,7-8H2,1-3H3,(H2,16,19). The Morgan fingerprint density at radius 1 is 1.32 bits per heavy atom. The van der Waals surface area contributed by atoms with Gasteiger partial charge in [-0.1, -0.05) is 23.8 Å². The van der Waals surface area contributed by atoms with Crippen molar-refractivity contribution in [1.82, 2.24) is 0 Å². The van der Waals surface area contributed by atoms with Gasteiger partial charge in [-0.15, -0.1) is 0 Å². The number of aryl methyl sites for hydroxylation is 1. The maximum absolute atomic E-state index is 6.10. The second-order valence-electron chi connectivity index (χ2n) is 5.33. The van der Waals surface area contributed by atoms with Crippen molar-refractivity contribution < 1.29 is 9.47 Å². The Balaban J connectivity index is 2.16. The second-order valence-corrected chi connectivity index (χ2v) is 5.77. The van der Waals surface area contributed by atoms with Crippen LogP contribution in [0.1, 0.15) is 37.8 Å². The van der Waals surface area contributed by atoms with Crippen LogP contribution in [0.2, 0.25) is 0 Å². The van der Waals surface area contributed by atoms with E-state index in [1.54, 1.807) is 0 Å². The van der Waals surface area contributed by atoms with Gasteiger partial charge >= 0.3 is 0 Å². The van der Waals surface area contributed by atoms with Gasteiger partial charge in [0.15, 0.2) is 0 Å². The van der Waals surface area contributed by atoms with E-state index < -0.39 is 0 Å². The molecule has 1 aliphatic rings. The summed E-state index contributed by atoms with van der Waals surface area (Å²) in [6, 6.07) is 5.95. The van der Waals surface area contributed by atoms with Crippen molar-refractivity contribution in [3.63, 3.8) is 0 Å². The fraction of sp³-hybridized carbons (Fsp3) is 0.533. The van der Waals surface area contributed by atoms with E-state index in [1.165, 1.54) is 0 Å². The third kappa shape index (κ3) is 3.67. The summed E-state index contributed by atoms with van der Waals surface area (Å²) in [5.41, 5.74) is 7.72. The molecule has 104 valence electrons. The quantitative estimate of drug-likeness (QED) is 0.864. The summed E-state index contributed by atoms with van der Waals surface area (Å²) in [5, 5.41) is 0. The van der Waals surface area contributed by atoms with Gasteiger partial charge in [-0.05, 0) is 32.9 Å². The van der Waals surface area contributed by atoms with Crippen LogP contribution < -0.4 is 10.5 Å². The monoisotopic (exact) mass is 279 g/mol. The highest BCUT2D eigenvalue weighted by Crippen LogP contribution is 2.27. The third-order valence-corrected chi connectivity index (χ3v) is 3.57. The van der Waals surface area contributed by atoms with Crippen LogP contribution in [-0.2, 0) is 4.74 Å². The van der Waals surface area contributed by atoms with Crippen molar-refractivity contribution in [2.45, 2.75) is 51.9 Å². The summed E-state index contributed by atoms with van der Waals surface area (Å²) in [7, 11) is 0. The highest BCUT2D eigenvalue weighted by Gasteiger charge is 2.26. The predicted octanol–water partition coefficient (Wildman–Crippen LogP) is 2.96. The topological polar surface area (TPSA) is 44.5 Å². The lowest BCUT2D eigenvalue weighted by molar-refractivity contribution is -0.0721. The van der Waals surface area contributed by atoms with Crippen LogP contribution in [0, 0.1) is 6.92 Å².